The summed E-state index contributed by atoms with van der Waals surface area (Å²) >= 11 is 0. The van der Waals surface area contributed by atoms with Crippen molar-refractivity contribution in [3.8, 4) is 0 Å². The van der Waals surface area contributed by atoms with Crippen LogP contribution in [-0.2, 0) is 14.3 Å². The lowest BCUT2D eigenvalue weighted by atomic mass is 9.92. The van der Waals surface area contributed by atoms with Crippen molar-refractivity contribution < 1.29 is 32.6 Å². The maximum atomic E-state index is 10.9. The number of carboxylic acid groups (broad SMARTS) is 1. The summed E-state index contributed by atoms with van der Waals surface area (Å²) in [7, 11) is 1.54. The molecule has 1 atom stereocenters. The highest BCUT2D eigenvalue weighted by atomic mass is 19.4. The number of hydrogen-bond acceptors (Lipinski definition) is 4. The normalized spacial score (nSPS) is 18.1. The van der Waals surface area contributed by atoms with Gasteiger partial charge in [-0.25, -0.2) is 4.79 Å². The summed E-state index contributed by atoms with van der Waals surface area (Å²) in [6.45, 7) is 1.91. The summed E-state index contributed by atoms with van der Waals surface area (Å²) < 4.78 is 36.8. The molecule has 1 aliphatic rings. The van der Waals surface area contributed by atoms with E-state index in [0.29, 0.717) is 5.92 Å². The van der Waals surface area contributed by atoms with Crippen LogP contribution in [-0.4, -0.2) is 49.5 Å². The summed E-state index contributed by atoms with van der Waals surface area (Å²) in [5, 5.41) is 10.3. The Morgan fingerprint density at radius 1 is 1.37 bits per heavy atom. The van der Waals surface area contributed by atoms with Gasteiger partial charge in [-0.1, -0.05) is 0 Å². The number of methoxy groups -OCH3 is 1. The fraction of sp³-hybridized carbons (Fsp3) is 0.800. The quantitative estimate of drug-likeness (QED) is 0.684. The number of alkyl halides is 3. The van der Waals surface area contributed by atoms with Crippen molar-refractivity contribution in [2.24, 2.45) is 11.7 Å². The molecule has 1 rings (SSSR count). The number of halogens is 3. The van der Waals surface area contributed by atoms with Gasteiger partial charge < -0.3 is 20.9 Å². The Morgan fingerprint density at radius 2 is 1.79 bits per heavy atom. The summed E-state index contributed by atoms with van der Waals surface area (Å²) in [6, 6.07) is 0. The number of hydrogen-bond donors (Lipinski definition) is 3. The number of rotatable bonds is 3. The second kappa shape index (κ2) is 7.95. The number of nitrogens with two attached hydrogens (primary N) is 1. The number of amides is 1. The lowest BCUT2D eigenvalue weighted by molar-refractivity contribution is -0.192. The van der Waals surface area contributed by atoms with E-state index in [9.17, 15) is 18.0 Å². The molecule has 1 heterocycles. The summed E-state index contributed by atoms with van der Waals surface area (Å²) in [6.07, 6.45) is -3.53. The summed E-state index contributed by atoms with van der Waals surface area (Å²) in [4.78, 5) is 19.8. The molecule has 9 heteroatoms. The molecular formula is C10H17F3N2O4. The molecule has 0 aliphatic carbocycles. The smallest absolute Gasteiger partial charge is 0.475 e. The third-order valence-electron chi connectivity index (χ3n) is 2.59. The van der Waals surface area contributed by atoms with Gasteiger partial charge in [-0.2, -0.15) is 13.2 Å². The van der Waals surface area contributed by atoms with E-state index in [0.717, 1.165) is 25.9 Å². The van der Waals surface area contributed by atoms with Crippen LogP contribution in [0, 0.1) is 5.92 Å². The van der Waals surface area contributed by atoms with E-state index < -0.39 is 18.2 Å². The molecule has 0 bridgehead atoms. The van der Waals surface area contributed by atoms with Gasteiger partial charge in [0, 0.05) is 7.11 Å². The number of carboxylic acids is 1. The van der Waals surface area contributed by atoms with Crippen LogP contribution in [0.15, 0.2) is 0 Å². The Labute approximate surface area is 108 Å². The van der Waals surface area contributed by atoms with E-state index in [2.05, 4.69) is 5.32 Å². The van der Waals surface area contributed by atoms with Crippen molar-refractivity contribution in [1.82, 2.24) is 5.32 Å². The summed E-state index contributed by atoms with van der Waals surface area (Å²) in [5.41, 5.74) is 5.19. The minimum atomic E-state index is -5.08. The minimum Gasteiger partial charge on any atom is -0.475 e. The predicted molar refractivity (Wildman–Crippen MR) is 59.3 cm³/mol. The van der Waals surface area contributed by atoms with Gasteiger partial charge >= 0.3 is 12.1 Å². The molecule has 0 radical (unpaired) electrons. The van der Waals surface area contributed by atoms with E-state index in [1.165, 1.54) is 7.11 Å². The van der Waals surface area contributed by atoms with Crippen molar-refractivity contribution in [1.29, 1.82) is 0 Å². The number of primary amides is 1. The van der Waals surface area contributed by atoms with Crippen molar-refractivity contribution in [2.45, 2.75) is 25.1 Å². The second-order valence-electron chi connectivity index (χ2n) is 3.95. The first-order valence-electron chi connectivity index (χ1n) is 5.53. The first-order valence-corrected chi connectivity index (χ1v) is 5.53. The molecule has 0 saturated carbocycles. The predicted octanol–water partition coefficient (Wildman–Crippen LogP) is 0.120. The summed E-state index contributed by atoms with van der Waals surface area (Å²) in [5.74, 6) is -2.80. The van der Waals surface area contributed by atoms with E-state index in [4.69, 9.17) is 20.4 Å². The molecule has 1 fully saturated rings. The fourth-order valence-corrected chi connectivity index (χ4v) is 1.69. The van der Waals surface area contributed by atoms with E-state index in [1.807, 2.05) is 0 Å². The van der Waals surface area contributed by atoms with Crippen molar-refractivity contribution >= 4 is 11.9 Å². The second-order valence-corrected chi connectivity index (χ2v) is 3.95. The SMILES string of the molecule is COC(C(N)=O)C1CCNCC1.O=C(O)C(F)(F)F. The first-order chi connectivity index (χ1) is 8.70. The van der Waals surface area contributed by atoms with Crippen molar-refractivity contribution in [2.75, 3.05) is 20.2 Å². The van der Waals surface area contributed by atoms with Crippen LogP contribution in [0.5, 0.6) is 0 Å². The van der Waals surface area contributed by atoms with Gasteiger partial charge in [-0.3, -0.25) is 4.79 Å². The van der Waals surface area contributed by atoms with Crippen LogP contribution in [0.4, 0.5) is 13.2 Å². The molecule has 0 spiro atoms. The molecule has 1 saturated heterocycles. The topological polar surface area (TPSA) is 102 Å². The van der Waals surface area contributed by atoms with Gasteiger partial charge in [0.15, 0.2) is 0 Å². The first kappa shape index (κ1) is 17.6. The maximum absolute atomic E-state index is 10.9. The maximum Gasteiger partial charge on any atom is 0.490 e. The number of nitrogens with one attached hydrogen (secondary N) is 1. The van der Waals surface area contributed by atoms with Gasteiger partial charge in [0.25, 0.3) is 0 Å². The monoisotopic (exact) mass is 286 g/mol. The third kappa shape index (κ3) is 6.97. The van der Waals surface area contributed by atoms with Crippen LogP contribution in [0.25, 0.3) is 0 Å². The molecule has 19 heavy (non-hydrogen) atoms. The van der Waals surface area contributed by atoms with Gasteiger partial charge in [-0.05, 0) is 31.8 Å². The zero-order valence-electron chi connectivity index (χ0n) is 10.4. The van der Waals surface area contributed by atoms with Gasteiger partial charge in [0.05, 0.1) is 0 Å². The highest BCUT2D eigenvalue weighted by Crippen LogP contribution is 2.18. The molecule has 4 N–H and O–H groups in total. The lowest BCUT2D eigenvalue weighted by Gasteiger charge is -2.27. The fourth-order valence-electron chi connectivity index (χ4n) is 1.69. The highest BCUT2D eigenvalue weighted by molar-refractivity contribution is 5.79. The Hall–Kier alpha value is -1.35. The molecule has 1 unspecified atom stereocenters. The number of ether oxygens (including phenoxy) is 1. The zero-order chi connectivity index (χ0) is 15.1. The Balaban J connectivity index is 0.000000399. The molecule has 0 aromatic heterocycles. The molecule has 1 amide bonds. The third-order valence-corrected chi connectivity index (χ3v) is 2.59. The van der Waals surface area contributed by atoms with Crippen LogP contribution in [0.1, 0.15) is 12.8 Å². The number of aliphatic carboxylic acids is 1. The molecule has 0 aromatic rings. The van der Waals surface area contributed by atoms with Crippen LogP contribution in [0.3, 0.4) is 0 Å². The van der Waals surface area contributed by atoms with Crippen LogP contribution < -0.4 is 11.1 Å². The Morgan fingerprint density at radius 3 is 2.05 bits per heavy atom. The number of carbonyl (C=O) groups excluding carboxylic acids is 1. The number of piperidine rings is 1. The van der Waals surface area contributed by atoms with E-state index in [1.54, 1.807) is 0 Å². The van der Waals surface area contributed by atoms with Crippen LogP contribution >= 0.6 is 0 Å². The van der Waals surface area contributed by atoms with E-state index in [-0.39, 0.29) is 5.91 Å². The van der Waals surface area contributed by atoms with Gasteiger partial charge in [-0.15, -0.1) is 0 Å². The highest BCUT2D eigenvalue weighted by Gasteiger charge is 2.38. The molecule has 0 aromatic carbocycles. The van der Waals surface area contributed by atoms with E-state index >= 15 is 0 Å². The average Bonchev–Trinajstić information content (AvgIpc) is 2.30. The Kier molecular flexibility index (Phi) is 7.38. The number of carbonyl (C=O) groups is 2. The molecule has 1 aliphatic heterocycles. The standard InChI is InChI=1S/C8H16N2O2.C2HF3O2/c1-12-7(8(9)11)6-2-4-10-5-3-6;3-2(4,5)1(6)7/h6-7,10H,2-5H2,1H3,(H2,9,11);(H,6,7). The van der Waals surface area contributed by atoms with Crippen molar-refractivity contribution in [3.63, 3.8) is 0 Å². The molecule has 6 nitrogen and oxygen atoms in total. The lowest BCUT2D eigenvalue weighted by Crippen LogP contribution is -2.42. The largest absolute Gasteiger partial charge is 0.490 e. The van der Waals surface area contributed by atoms with Crippen molar-refractivity contribution in [3.05, 3.63) is 0 Å². The average molecular weight is 286 g/mol. The zero-order valence-corrected chi connectivity index (χ0v) is 10.4. The molecule has 112 valence electrons. The minimum absolute atomic E-state index is 0.300. The van der Waals surface area contributed by atoms with Gasteiger partial charge in [0.2, 0.25) is 5.91 Å². The van der Waals surface area contributed by atoms with Gasteiger partial charge in [0.1, 0.15) is 6.10 Å². The molecular weight excluding hydrogens is 269 g/mol. The Bertz CT molecular complexity index is 304. The van der Waals surface area contributed by atoms with Crippen LogP contribution in [0.2, 0.25) is 0 Å².